The average Bonchev–Trinajstić information content (AvgIpc) is 2.85. The Morgan fingerprint density at radius 1 is 0.914 bits per heavy atom. The highest BCUT2D eigenvalue weighted by Crippen LogP contribution is 1.83. The van der Waals surface area contributed by atoms with Gasteiger partial charge >= 0.3 is 0 Å². The van der Waals surface area contributed by atoms with Crippen LogP contribution in [0.25, 0.3) is 0 Å². The number of hydrogen-bond donors (Lipinski definition) is 14. The Hall–Kier alpha value is -2.18. The lowest BCUT2D eigenvalue weighted by Crippen LogP contribution is -2.28. The van der Waals surface area contributed by atoms with Gasteiger partial charge in [0.2, 0.25) is 15.9 Å². The fourth-order valence-electron chi connectivity index (χ4n) is 0.174. The highest BCUT2D eigenvalue weighted by molar-refractivity contribution is 7.88. The fraction of sp³-hybridized carbons (Fsp3) is 0.667. The van der Waals surface area contributed by atoms with E-state index >= 15 is 0 Å². The summed E-state index contributed by atoms with van der Waals surface area (Å²) in [6.45, 7) is 10.3. The van der Waals surface area contributed by atoms with E-state index in [1.807, 2.05) is 12.3 Å². The summed E-state index contributed by atoms with van der Waals surface area (Å²) in [6, 6.07) is 0. The molecule has 0 saturated heterocycles. The number of nitrogens with two attached hydrogens (primary N) is 7. The highest BCUT2D eigenvalue weighted by atomic mass is 32.2. The molecular weight excluding hydrogens is 488 g/mol. The average molecular weight is 543 g/mol. The molecule has 0 radical (unpaired) electrons. The summed E-state index contributed by atoms with van der Waals surface area (Å²) in [7, 11) is 6.44. The minimum Gasteiger partial charge on any atom is -0.374 e. The molecule has 0 spiro atoms. The molecule has 0 heterocycles. The van der Waals surface area contributed by atoms with Gasteiger partial charge in [0.1, 0.15) is 5.82 Å². The van der Waals surface area contributed by atoms with Crippen molar-refractivity contribution in [2.75, 3.05) is 48.7 Å². The second-order valence-electron chi connectivity index (χ2n) is 4.50. The van der Waals surface area contributed by atoms with Gasteiger partial charge in [0.15, 0.2) is 0 Å². The van der Waals surface area contributed by atoms with Gasteiger partial charge in [-0.05, 0) is 20.5 Å². The summed E-state index contributed by atoms with van der Waals surface area (Å²) >= 11 is 0. The summed E-state index contributed by atoms with van der Waals surface area (Å²) in [6.07, 6.45) is 1.88. The van der Waals surface area contributed by atoms with Crippen molar-refractivity contribution in [3.63, 3.8) is 0 Å². The molecule has 0 aliphatic heterocycles. The van der Waals surface area contributed by atoms with Crippen molar-refractivity contribution in [3.05, 3.63) is 24.7 Å². The molecule has 0 aliphatic rings. The lowest BCUT2D eigenvalue weighted by Gasteiger charge is -1.98. The number of nitrogens with one attached hydrogen (secondary N) is 7. The molecule has 0 fully saturated rings. The molecule has 0 aliphatic carbocycles. The van der Waals surface area contributed by atoms with Gasteiger partial charge in [0.05, 0.1) is 20.5 Å². The lowest BCUT2D eigenvalue weighted by atomic mass is 10.4. The van der Waals surface area contributed by atoms with Crippen LogP contribution in [0.4, 0.5) is 0 Å². The number of carbonyl (C=O) groups is 1. The van der Waals surface area contributed by atoms with Crippen molar-refractivity contribution in [1.29, 1.82) is 0 Å². The number of amides is 1. The van der Waals surface area contributed by atoms with E-state index in [1.54, 1.807) is 33.1 Å². The molecule has 20 heteroatoms. The lowest BCUT2D eigenvalue weighted by molar-refractivity contribution is -0.119. The second-order valence-corrected chi connectivity index (χ2v) is 6.28. The number of hydroxylamine groups is 1. The molecule has 21 N–H and O–H groups in total. The van der Waals surface area contributed by atoms with Crippen molar-refractivity contribution < 1.29 is 22.9 Å². The highest BCUT2D eigenvalue weighted by Gasteiger charge is 1.88. The number of hydrazine groups is 5. The Kier molecular flexibility index (Phi) is 89.5. The Bertz CT molecular complexity index is 453. The van der Waals surface area contributed by atoms with Gasteiger partial charge in [0, 0.05) is 26.7 Å². The Labute approximate surface area is 211 Å². The molecule has 0 aromatic heterocycles. The zero-order valence-corrected chi connectivity index (χ0v) is 23.4. The van der Waals surface area contributed by atoms with E-state index in [9.17, 15) is 13.2 Å². The zero-order valence-electron chi connectivity index (χ0n) is 22.6. The van der Waals surface area contributed by atoms with E-state index in [0.29, 0.717) is 5.82 Å². The first kappa shape index (κ1) is 53.9. The van der Waals surface area contributed by atoms with Crippen LogP contribution in [-0.2, 0) is 24.5 Å². The van der Waals surface area contributed by atoms with Crippen LogP contribution < -0.4 is 78.2 Å². The molecule has 0 aromatic rings. The smallest absolute Gasteiger partial charge is 0.230 e. The van der Waals surface area contributed by atoms with Gasteiger partial charge in [0.25, 0.3) is 0 Å². The molecule has 0 rings (SSSR count). The molecule has 19 nitrogen and oxygen atoms in total. The van der Waals surface area contributed by atoms with Gasteiger partial charge in [-0.2, -0.15) is 4.83 Å². The molecular formula is C15H54N14O5S. The fourth-order valence-corrected chi connectivity index (χ4v) is 0.174. The third-order valence-electron chi connectivity index (χ3n) is 1.73. The van der Waals surface area contributed by atoms with Crippen LogP contribution in [0, 0.1) is 0 Å². The first-order valence-corrected chi connectivity index (χ1v) is 11.1. The van der Waals surface area contributed by atoms with Crippen LogP contribution in [0.2, 0.25) is 0 Å². The normalized spacial score (nSPS) is 7.54. The molecule has 35 heavy (non-hydrogen) atoms. The first-order chi connectivity index (χ1) is 16.2. The van der Waals surface area contributed by atoms with E-state index in [0.717, 1.165) is 18.4 Å². The van der Waals surface area contributed by atoms with Gasteiger partial charge < -0.3 is 31.6 Å². The first-order valence-electron chi connectivity index (χ1n) is 9.19. The van der Waals surface area contributed by atoms with Crippen LogP contribution in [0.1, 0.15) is 20.3 Å². The summed E-state index contributed by atoms with van der Waals surface area (Å²) in [5.41, 5.74) is 16.7. The predicted molar refractivity (Wildman–Crippen MR) is 143 cm³/mol. The largest absolute Gasteiger partial charge is 0.374 e. The van der Waals surface area contributed by atoms with E-state index < -0.39 is 10.0 Å². The second kappa shape index (κ2) is 58.0. The zero-order chi connectivity index (χ0) is 30.3. The molecule has 0 saturated carbocycles. The van der Waals surface area contributed by atoms with Crippen molar-refractivity contribution in [2.24, 2.45) is 40.8 Å². The molecule has 0 bridgehead atoms. The third kappa shape index (κ3) is 203. The van der Waals surface area contributed by atoms with E-state index in [1.165, 1.54) is 21.1 Å². The topological polar surface area (TPSA) is 336 Å². The molecule has 1 amide bonds. The number of hydrogen-bond acceptors (Lipinski definition) is 17. The van der Waals surface area contributed by atoms with Gasteiger partial charge in [-0.15, -0.1) is 0 Å². The Morgan fingerprint density at radius 2 is 1.17 bits per heavy atom. The summed E-state index contributed by atoms with van der Waals surface area (Å²) in [4.78, 5) is 19.2. The van der Waals surface area contributed by atoms with Gasteiger partial charge in [-0.25, -0.2) is 31.5 Å². The number of sulfonamides is 1. The van der Waals surface area contributed by atoms with Crippen LogP contribution >= 0.6 is 0 Å². The molecule has 0 unspecified atom stereocenters. The summed E-state index contributed by atoms with van der Waals surface area (Å²) in [5, 5.41) is 2.68. The molecule has 0 aromatic carbocycles. The van der Waals surface area contributed by atoms with Crippen molar-refractivity contribution in [3.8, 4) is 0 Å². The summed E-state index contributed by atoms with van der Waals surface area (Å²) < 4.78 is 19.5. The minimum absolute atomic E-state index is 0.218. The maximum Gasteiger partial charge on any atom is 0.230 e. The van der Waals surface area contributed by atoms with Crippen molar-refractivity contribution in [1.82, 2.24) is 37.3 Å². The third-order valence-corrected chi connectivity index (χ3v) is 2.16. The number of rotatable bonds is 6. The van der Waals surface area contributed by atoms with E-state index in [2.05, 4.69) is 79.1 Å². The Morgan fingerprint density at radius 3 is 1.17 bits per heavy atom. The number of allylic oxidation sites excluding steroid dienone is 1. The maximum atomic E-state index is 9.76. The van der Waals surface area contributed by atoms with Gasteiger partial charge in [-0.1, -0.05) is 20.1 Å². The van der Waals surface area contributed by atoms with E-state index in [-0.39, 0.29) is 5.91 Å². The minimum atomic E-state index is -3.13. The molecule has 220 valence electrons. The van der Waals surface area contributed by atoms with Crippen LogP contribution in [0.5, 0.6) is 0 Å². The predicted octanol–water partition coefficient (Wildman–Crippen LogP) is -5.15. The van der Waals surface area contributed by atoms with E-state index in [4.69, 9.17) is 11.7 Å². The quantitative estimate of drug-likeness (QED) is 0.0846. The van der Waals surface area contributed by atoms with Crippen LogP contribution in [0.3, 0.4) is 0 Å². The standard InChI is InChI=1S/C4H10N2.C3H9N3.C2H6N2O.C2H7NO.CH6N2O2S.CH6N2.CH5NO.CH5N/c1-3-4(2)6-5;1-3(5-2)6-4;1-2(5)4-3;1-3-4-2;1-6(4,5)3-2;2*1-3-2;1-2/h6H,2-3,5H2,1H3;5-6H,1,4H2,2H3;3H2,1H3,(H,4,5);3H,1-2H3;3H,2H2,1H3;3H,2H2,1H3;2H2,1H3;2H2,1H3. The van der Waals surface area contributed by atoms with Crippen molar-refractivity contribution in [2.45, 2.75) is 20.3 Å². The van der Waals surface area contributed by atoms with Crippen LogP contribution in [0.15, 0.2) is 24.7 Å². The van der Waals surface area contributed by atoms with Crippen LogP contribution in [-0.4, -0.2) is 63.0 Å². The Balaban J connectivity index is -0.0000000406. The van der Waals surface area contributed by atoms with Crippen molar-refractivity contribution >= 4 is 15.9 Å². The summed E-state index contributed by atoms with van der Waals surface area (Å²) in [5.74, 6) is 28.2. The molecule has 0 atom stereocenters. The van der Waals surface area contributed by atoms with Gasteiger partial charge in [-0.3, -0.25) is 33.2 Å². The monoisotopic (exact) mass is 542 g/mol. The maximum absolute atomic E-state index is 9.76. The SMILES string of the molecule is C=C(CC)NN.C=C(NC)NN.CC(=O)NN.CN.CNN.CNOC.CON.CS(=O)(=O)NN. The number of carbonyl (C=O) groups excluding carboxylic acids is 1.